The summed E-state index contributed by atoms with van der Waals surface area (Å²) < 4.78 is 13.8. The van der Waals surface area contributed by atoms with Crippen LogP contribution in [0.5, 0.6) is 0 Å². The van der Waals surface area contributed by atoms with Gasteiger partial charge >= 0.3 is 0 Å². The van der Waals surface area contributed by atoms with Gasteiger partial charge in [0.15, 0.2) is 0 Å². The number of hydrogen-bond acceptors (Lipinski definition) is 6. The molecule has 0 aliphatic carbocycles. The van der Waals surface area contributed by atoms with Gasteiger partial charge < -0.3 is 19.5 Å². The normalized spacial score (nSPS) is 29.2. The zero-order chi connectivity index (χ0) is 17.3. The number of carbonyl (C=O) groups is 1. The van der Waals surface area contributed by atoms with Crippen LogP contribution in [0.15, 0.2) is 6.20 Å². The molecule has 3 saturated heterocycles. The van der Waals surface area contributed by atoms with Gasteiger partial charge in [0, 0.05) is 26.3 Å². The third kappa shape index (κ3) is 3.43. The summed E-state index contributed by atoms with van der Waals surface area (Å²) in [7, 11) is 0. The van der Waals surface area contributed by atoms with Crippen molar-refractivity contribution in [2.75, 3.05) is 32.9 Å². The number of aliphatic hydroxyl groups excluding tert-OH is 1. The van der Waals surface area contributed by atoms with Crippen LogP contribution in [-0.2, 0) is 14.3 Å². The van der Waals surface area contributed by atoms with E-state index in [0.29, 0.717) is 19.7 Å². The van der Waals surface area contributed by atoms with Crippen LogP contribution in [0.3, 0.4) is 0 Å². The molecule has 0 saturated carbocycles. The van der Waals surface area contributed by atoms with E-state index in [4.69, 9.17) is 14.6 Å². The topological polar surface area (TPSA) is 89.7 Å². The van der Waals surface area contributed by atoms with E-state index in [1.807, 2.05) is 10.9 Å². The first kappa shape index (κ1) is 16.9. The Kier molecular flexibility index (Phi) is 4.75. The average molecular weight is 350 g/mol. The van der Waals surface area contributed by atoms with Gasteiger partial charge in [0.2, 0.25) is 5.91 Å². The SMILES string of the molecule is O=C(CO)N1CCC2(CC1)CC(n1cc(C3CCCO3)nn1)CCO2. The van der Waals surface area contributed by atoms with Crippen LogP contribution in [0.1, 0.15) is 56.4 Å². The summed E-state index contributed by atoms with van der Waals surface area (Å²) in [6.45, 7) is 2.38. The molecule has 0 aromatic carbocycles. The van der Waals surface area contributed by atoms with E-state index in [0.717, 1.165) is 50.8 Å². The zero-order valence-corrected chi connectivity index (χ0v) is 14.5. The number of likely N-dealkylation sites (tertiary alicyclic amines) is 1. The Morgan fingerprint density at radius 2 is 2.16 bits per heavy atom. The van der Waals surface area contributed by atoms with E-state index in [2.05, 4.69) is 10.3 Å². The first-order valence-electron chi connectivity index (χ1n) is 9.25. The number of aliphatic hydroxyl groups is 1. The van der Waals surface area contributed by atoms with Gasteiger partial charge in [-0.05, 0) is 38.5 Å². The number of ether oxygens (including phenoxy) is 2. The maximum absolute atomic E-state index is 11.7. The molecule has 2 unspecified atom stereocenters. The van der Waals surface area contributed by atoms with Crippen LogP contribution >= 0.6 is 0 Å². The van der Waals surface area contributed by atoms with E-state index in [1.54, 1.807) is 4.90 Å². The predicted octanol–water partition coefficient (Wildman–Crippen LogP) is 0.835. The number of nitrogens with zero attached hydrogens (tertiary/aromatic N) is 4. The Bertz CT molecular complexity index is 606. The number of piperidine rings is 1. The highest BCUT2D eigenvalue weighted by Crippen LogP contribution is 2.39. The van der Waals surface area contributed by atoms with Crippen molar-refractivity contribution in [2.45, 2.75) is 56.3 Å². The molecule has 4 heterocycles. The summed E-state index contributed by atoms with van der Waals surface area (Å²) in [5.74, 6) is -0.195. The maximum atomic E-state index is 11.7. The van der Waals surface area contributed by atoms with Crippen molar-refractivity contribution in [2.24, 2.45) is 0 Å². The van der Waals surface area contributed by atoms with Gasteiger partial charge in [-0.1, -0.05) is 5.21 Å². The highest BCUT2D eigenvalue weighted by atomic mass is 16.5. The highest BCUT2D eigenvalue weighted by Gasteiger charge is 2.42. The molecule has 25 heavy (non-hydrogen) atoms. The Morgan fingerprint density at radius 1 is 1.32 bits per heavy atom. The van der Waals surface area contributed by atoms with Gasteiger partial charge in [0.05, 0.1) is 17.8 Å². The standard InChI is InChI=1S/C17H26N4O4/c22-12-16(23)20-6-4-17(5-7-20)10-13(3-9-25-17)21-11-14(18-19-21)15-2-1-8-24-15/h11,13,15,22H,1-10,12H2. The molecular formula is C17H26N4O4. The Labute approximate surface area is 147 Å². The molecule has 1 N–H and O–H groups in total. The minimum atomic E-state index is -0.415. The first-order valence-corrected chi connectivity index (χ1v) is 9.25. The summed E-state index contributed by atoms with van der Waals surface area (Å²) in [6, 6.07) is 0.275. The van der Waals surface area contributed by atoms with Gasteiger partial charge in [-0.3, -0.25) is 4.79 Å². The maximum Gasteiger partial charge on any atom is 0.248 e. The lowest BCUT2D eigenvalue weighted by molar-refractivity contribution is -0.148. The van der Waals surface area contributed by atoms with Gasteiger partial charge in [-0.25, -0.2) is 4.68 Å². The van der Waals surface area contributed by atoms with Gasteiger partial charge in [-0.2, -0.15) is 0 Å². The highest BCUT2D eigenvalue weighted by molar-refractivity contribution is 5.77. The summed E-state index contributed by atoms with van der Waals surface area (Å²) in [5, 5.41) is 17.7. The number of amides is 1. The Hall–Kier alpha value is -1.51. The summed E-state index contributed by atoms with van der Waals surface area (Å²) >= 11 is 0. The predicted molar refractivity (Wildman–Crippen MR) is 87.8 cm³/mol. The van der Waals surface area contributed by atoms with E-state index in [1.165, 1.54) is 0 Å². The van der Waals surface area contributed by atoms with Crippen LogP contribution in [0.4, 0.5) is 0 Å². The smallest absolute Gasteiger partial charge is 0.248 e. The second-order valence-corrected chi connectivity index (χ2v) is 7.34. The fourth-order valence-electron chi connectivity index (χ4n) is 4.27. The Morgan fingerprint density at radius 3 is 2.88 bits per heavy atom. The molecule has 1 aromatic heterocycles. The van der Waals surface area contributed by atoms with Crippen LogP contribution in [0.2, 0.25) is 0 Å². The fraction of sp³-hybridized carbons (Fsp3) is 0.824. The fourth-order valence-corrected chi connectivity index (χ4v) is 4.27. The minimum Gasteiger partial charge on any atom is -0.387 e. The lowest BCUT2D eigenvalue weighted by atomic mass is 9.82. The summed E-state index contributed by atoms with van der Waals surface area (Å²) in [6.07, 6.45) is 7.66. The monoisotopic (exact) mass is 350 g/mol. The number of aromatic nitrogens is 3. The lowest BCUT2D eigenvalue weighted by Gasteiger charge is -2.46. The lowest BCUT2D eigenvalue weighted by Crippen LogP contribution is -2.51. The molecule has 8 nitrogen and oxygen atoms in total. The van der Waals surface area contributed by atoms with E-state index in [9.17, 15) is 4.79 Å². The molecule has 3 aliphatic rings. The van der Waals surface area contributed by atoms with Crippen molar-refractivity contribution < 1.29 is 19.4 Å². The molecule has 138 valence electrons. The molecule has 1 aromatic rings. The second kappa shape index (κ2) is 7.01. The second-order valence-electron chi connectivity index (χ2n) is 7.34. The van der Waals surface area contributed by atoms with Crippen molar-refractivity contribution in [1.29, 1.82) is 0 Å². The number of rotatable bonds is 3. The van der Waals surface area contributed by atoms with Crippen LogP contribution in [0, 0.1) is 0 Å². The van der Waals surface area contributed by atoms with Crippen molar-refractivity contribution in [3.63, 3.8) is 0 Å². The quantitative estimate of drug-likeness (QED) is 0.869. The molecule has 3 fully saturated rings. The van der Waals surface area contributed by atoms with E-state index in [-0.39, 0.29) is 23.7 Å². The third-order valence-corrected chi connectivity index (χ3v) is 5.79. The van der Waals surface area contributed by atoms with E-state index >= 15 is 0 Å². The van der Waals surface area contributed by atoms with Crippen LogP contribution in [0.25, 0.3) is 0 Å². The zero-order valence-electron chi connectivity index (χ0n) is 14.5. The number of carbonyl (C=O) groups excluding carboxylic acids is 1. The van der Waals surface area contributed by atoms with Crippen molar-refractivity contribution >= 4 is 5.91 Å². The number of hydrogen-bond donors (Lipinski definition) is 1. The molecule has 2 atom stereocenters. The van der Waals surface area contributed by atoms with Crippen LogP contribution < -0.4 is 0 Å². The molecular weight excluding hydrogens is 324 g/mol. The molecule has 1 spiro atoms. The van der Waals surface area contributed by atoms with Crippen LogP contribution in [-0.4, -0.2) is 69.4 Å². The summed E-state index contributed by atoms with van der Waals surface area (Å²) in [5.41, 5.74) is 0.742. The molecule has 8 heteroatoms. The molecule has 0 bridgehead atoms. The molecule has 0 radical (unpaired) electrons. The van der Waals surface area contributed by atoms with Crippen molar-refractivity contribution in [3.05, 3.63) is 11.9 Å². The Balaban J connectivity index is 1.40. The van der Waals surface area contributed by atoms with Gasteiger partial charge in [-0.15, -0.1) is 5.10 Å². The van der Waals surface area contributed by atoms with Crippen molar-refractivity contribution in [1.82, 2.24) is 19.9 Å². The summed E-state index contributed by atoms with van der Waals surface area (Å²) in [4.78, 5) is 13.4. The van der Waals surface area contributed by atoms with Crippen molar-refractivity contribution in [3.8, 4) is 0 Å². The van der Waals surface area contributed by atoms with E-state index < -0.39 is 6.61 Å². The first-order chi connectivity index (χ1) is 12.2. The molecule has 1 amide bonds. The minimum absolute atomic E-state index is 0.0929. The largest absolute Gasteiger partial charge is 0.387 e. The third-order valence-electron chi connectivity index (χ3n) is 5.79. The molecule has 4 rings (SSSR count). The molecule has 3 aliphatic heterocycles. The average Bonchev–Trinajstić information content (AvgIpc) is 3.33. The van der Waals surface area contributed by atoms with Gasteiger partial charge in [0.1, 0.15) is 18.4 Å². The van der Waals surface area contributed by atoms with Gasteiger partial charge in [0.25, 0.3) is 0 Å².